The molecule has 0 heterocycles. The van der Waals surface area contributed by atoms with E-state index >= 15 is 0 Å². The van der Waals surface area contributed by atoms with Crippen LogP contribution in [0.3, 0.4) is 0 Å². The van der Waals surface area contributed by atoms with Gasteiger partial charge in [-0.1, -0.05) is 235 Å². The first-order valence-corrected chi connectivity index (χ1v) is 33.4. The zero-order chi connectivity index (χ0) is 69.4. The number of nitrogens with zero attached hydrogens (tertiary/aromatic N) is 2. The molecule has 100 heavy (non-hydrogen) atoms. The Morgan fingerprint density at radius 3 is 0.960 bits per heavy atom. The van der Waals surface area contributed by atoms with Crippen molar-refractivity contribution in [3.05, 3.63) is 323 Å². The Morgan fingerprint density at radius 2 is 0.600 bits per heavy atom. The fourth-order valence-corrected chi connectivity index (χ4v) is 13.5. The molecule has 14 aromatic rings. The van der Waals surface area contributed by atoms with Gasteiger partial charge in [0.2, 0.25) is 0 Å². The van der Waals surface area contributed by atoms with Gasteiger partial charge in [0.15, 0.2) is 0 Å². The molecule has 2 unspecified atom stereocenters. The summed E-state index contributed by atoms with van der Waals surface area (Å²) in [5.41, 5.74) is 12.8. The van der Waals surface area contributed by atoms with Crippen molar-refractivity contribution in [2.24, 2.45) is 9.98 Å². The molecule has 0 aliphatic heterocycles. The van der Waals surface area contributed by atoms with Crippen molar-refractivity contribution in [3.8, 4) is 103 Å². The molecule has 14 aromatic carbocycles. The van der Waals surface area contributed by atoms with Crippen LogP contribution in [-0.4, -0.2) is 43.1 Å². The molecule has 8 nitrogen and oxygen atoms in total. The minimum absolute atomic E-state index is 0.0807. The van der Waals surface area contributed by atoms with E-state index in [1.165, 1.54) is 0 Å². The molecule has 14 rings (SSSR count). The molecule has 0 bridgehead atoms. The smallest absolute Gasteiger partial charge is 0.128 e. The molecular weight excluding hydrogens is 1230 g/mol. The van der Waals surface area contributed by atoms with Gasteiger partial charge in [-0.2, -0.15) is 0 Å². The van der Waals surface area contributed by atoms with Crippen LogP contribution >= 0.6 is 0 Å². The monoisotopic (exact) mass is 1300 g/mol. The number of benzene rings is 14. The van der Waals surface area contributed by atoms with E-state index in [0.29, 0.717) is 33.4 Å². The summed E-state index contributed by atoms with van der Waals surface area (Å²) in [4.78, 5) is 10.8. The lowest BCUT2D eigenvalue weighted by molar-refractivity contribution is 0.445. The fraction of sp³-hybridized carbons (Fsp3) is 0.109. The number of aromatic hydroxyl groups is 6. The zero-order valence-corrected chi connectivity index (χ0v) is 56.3. The Labute approximate surface area is 582 Å². The standard InChI is InChI=1S/C92H72N2O6/c1-91(2,3)77-53-69(61-35-29-57(30-36-61)25-27-59-33-43-75-67(49-59)41-47-81(97)85(75)83-73-23-15-13-17-63(73)39-45-79(83)95)51-71(89(77)99)55-93-87(65-19-9-7-10-20-65)88(66-21-11-8-12-22-66)94-56-72-52-70(54-78(90(72)100)92(4,5)6)62-37-31-58(32-38-62)26-28-60-34-44-76-68(50-60)42-48-82(98)86(76)84-74-24-16-14-18-64(74)40-46-80(84)96/h7-24,29-56,87-88,95-100H,1-6H3. The van der Waals surface area contributed by atoms with Crippen LogP contribution in [0.1, 0.15) is 109 Å². The van der Waals surface area contributed by atoms with E-state index in [1.807, 2.05) is 243 Å². The minimum atomic E-state index is -0.584. The van der Waals surface area contributed by atoms with Crippen molar-refractivity contribution in [2.45, 2.75) is 64.5 Å². The number of hydrogen-bond acceptors (Lipinski definition) is 8. The second kappa shape index (κ2) is 26.8. The maximum Gasteiger partial charge on any atom is 0.128 e. The average Bonchev–Trinajstić information content (AvgIpc) is 0.766. The Morgan fingerprint density at radius 1 is 0.290 bits per heavy atom. The second-order valence-electron chi connectivity index (χ2n) is 27.5. The van der Waals surface area contributed by atoms with Gasteiger partial charge in [-0.25, -0.2) is 0 Å². The van der Waals surface area contributed by atoms with Crippen molar-refractivity contribution in [1.29, 1.82) is 0 Å². The molecule has 0 spiro atoms. The topological polar surface area (TPSA) is 146 Å². The van der Waals surface area contributed by atoms with Crippen molar-refractivity contribution < 1.29 is 30.6 Å². The molecule has 486 valence electrons. The third-order valence-electron chi connectivity index (χ3n) is 18.7. The minimum Gasteiger partial charge on any atom is -0.507 e. The third kappa shape index (κ3) is 13.1. The van der Waals surface area contributed by atoms with E-state index in [1.54, 1.807) is 36.7 Å². The Balaban J connectivity index is 0.755. The van der Waals surface area contributed by atoms with Crippen molar-refractivity contribution in [1.82, 2.24) is 0 Å². The van der Waals surface area contributed by atoms with E-state index in [-0.39, 0.29) is 34.5 Å². The highest BCUT2D eigenvalue weighted by Gasteiger charge is 2.28. The maximum atomic E-state index is 12.2. The van der Waals surface area contributed by atoms with E-state index in [0.717, 1.165) is 110 Å². The van der Waals surface area contributed by atoms with Crippen LogP contribution < -0.4 is 0 Å². The van der Waals surface area contributed by atoms with Gasteiger partial charge < -0.3 is 30.6 Å². The summed E-state index contributed by atoms with van der Waals surface area (Å²) >= 11 is 0. The Kier molecular flexibility index (Phi) is 17.3. The predicted molar refractivity (Wildman–Crippen MR) is 410 cm³/mol. The number of rotatable bonds is 11. The lowest BCUT2D eigenvalue weighted by atomic mass is 9.83. The van der Waals surface area contributed by atoms with Gasteiger partial charge in [0.1, 0.15) is 46.6 Å². The molecule has 0 aliphatic rings. The van der Waals surface area contributed by atoms with Gasteiger partial charge in [-0.3, -0.25) is 9.98 Å². The van der Waals surface area contributed by atoms with E-state index in [4.69, 9.17) is 9.98 Å². The number of fused-ring (bicyclic) bond motifs is 4. The highest BCUT2D eigenvalue weighted by Crippen LogP contribution is 2.48. The molecular formula is C92H72N2O6. The van der Waals surface area contributed by atoms with Gasteiger partial charge in [-0.15, -0.1) is 0 Å². The zero-order valence-electron chi connectivity index (χ0n) is 56.3. The molecule has 8 heteroatoms. The quantitative estimate of drug-likeness (QED) is 0.0562. The normalized spacial score (nSPS) is 12.4. The van der Waals surface area contributed by atoms with Crippen LogP contribution in [-0.2, 0) is 10.8 Å². The van der Waals surface area contributed by atoms with Gasteiger partial charge in [0, 0.05) is 79.2 Å². The average molecular weight is 1300 g/mol. The number of hydrogen-bond donors (Lipinski definition) is 6. The number of phenols is 6. The predicted octanol–water partition coefficient (Wildman–Crippen LogP) is 21.6. The van der Waals surface area contributed by atoms with Gasteiger partial charge in [0.05, 0.1) is 0 Å². The Hall–Kier alpha value is -12.6. The molecule has 0 amide bonds. The van der Waals surface area contributed by atoms with Gasteiger partial charge in [0.25, 0.3) is 0 Å². The summed E-state index contributed by atoms with van der Waals surface area (Å²) in [7, 11) is 0. The Bertz CT molecular complexity index is 5350. The molecule has 0 radical (unpaired) electrons. The highest BCUT2D eigenvalue weighted by atomic mass is 16.3. The van der Waals surface area contributed by atoms with Crippen LogP contribution in [0, 0.1) is 23.7 Å². The first kappa shape index (κ1) is 64.7. The molecule has 0 saturated carbocycles. The summed E-state index contributed by atoms with van der Waals surface area (Å²) in [5, 5.41) is 76.2. The highest BCUT2D eigenvalue weighted by molar-refractivity contribution is 6.11. The lowest BCUT2D eigenvalue weighted by Crippen LogP contribution is -2.13. The molecule has 0 aliphatic carbocycles. The van der Waals surface area contributed by atoms with Gasteiger partial charge >= 0.3 is 0 Å². The summed E-state index contributed by atoms with van der Waals surface area (Å²) in [5.74, 6) is 14.0. The maximum absolute atomic E-state index is 12.2. The molecule has 0 fully saturated rings. The largest absolute Gasteiger partial charge is 0.507 e. The molecule has 0 saturated heterocycles. The summed E-state index contributed by atoms with van der Waals surface area (Å²) in [6.07, 6.45) is 3.54. The SMILES string of the molecule is CC(C)(C)c1cc(-c2ccc(C#Cc3ccc4c(-c5c(O)ccc6ccccc56)c(O)ccc4c3)cc2)cc(C=NC(c2ccccc2)C(N=Cc2cc(-c3ccc(C#Cc4ccc5c(-c6c(O)ccc7ccccc67)c(O)ccc5c4)cc3)cc(C(C)(C)C)c2O)c2ccccc2)c1O. The lowest BCUT2D eigenvalue weighted by Gasteiger charge is -2.24. The molecule has 0 aromatic heterocycles. The first-order chi connectivity index (χ1) is 48.3. The van der Waals surface area contributed by atoms with E-state index < -0.39 is 22.9 Å². The third-order valence-corrected chi connectivity index (χ3v) is 18.7. The molecule has 6 N–H and O–H groups in total. The van der Waals surface area contributed by atoms with Crippen molar-refractivity contribution in [3.63, 3.8) is 0 Å². The van der Waals surface area contributed by atoms with Crippen molar-refractivity contribution >= 4 is 55.5 Å². The number of aliphatic imine (C=N–C) groups is 2. The number of phenolic OH excluding ortho intramolecular Hbond substituents is 6. The summed E-state index contributed by atoms with van der Waals surface area (Å²) in [6, 6.07) is 84.7. The van der Waals surface area contributed by atoms with Crippen LogP contribution in [0.4, 0.5) is 0 Å². The van der Waals surface area contributed by atoms with Crippen LogP contribution in [0.5, 0.6) is 34.5 Å². The second-order valence-corrected chi connectivity index (χ2v) is 27.5. The summed E-state index contributed by atoms with van der Waals surface area (Å²) < 4.78 is 0. The van der Waals surface area contributed by atoms with E-state index in [2.05, 4.69) is 65.2 Å². The summed E-state index contributed by atoms with van der Waals surface area (Å²) in [6.45, 7) is 12.5. The van der Waals surface area contributed by atoms with Crippen LogP contribution in [0.25, 0.3) is 87.6 Å². The molecule has 2 atom stereocenters. The van der Waals surface area contributed by atoms with E-state index in [9.17, 15) is 30.6 Å². The van der Waals surface area contributed by atoms with Crippen LogP contribution in [0.2, 0.25) is 0 Å². The van der Waals surface area contributed by atoms with Crippen molar-refractivity contribution in [2.75, 3.05) is 0 Å². The fourth-order valence-electron chi connectivity index (χ4n) is 13.5. The van der Waals surface area contributed by atoms with Gasteiger partial charge in [-0.05, 0) is 184 Å². The first-order valence-electron chi connectivity index (χ1n) is 33.4. The van der Waals surface area contributed by atoms with Crippen LogP contribution in [0.15, 0.2) is 277 Å².